The van der Waals surface area contributed by atoms with E-state index in [1.807, 2.05) is 0 Å². The van der Waals surface area contributed by atoms with Crippen LogP contribution in [0.1, 0.15) is 245 Å². The maximum atomic E-state index is 12.3. The van der Waals surface area contributed by atoms with Crippen molar-refractivity contribution in [2.24, 2.45) is 0 Å². The van der Waals surface area contributed by atoms with Gasteiger partial charge in [-0.2, -0.15) is 0 Å². The molecule has 4 heteroatoms. The third-order valence-corrected chi connectivity index (χ3v) is 10.6. The van der Waals surface area contributed by atoms with E-state index in [1.165, 1.54) is 193 Å². The average Bonchev–Trinajstić information content (AvgIpc) is 3.19. The highest BCUT2D eigenvalue weighted by Gasteiger charge is 2.13. The molecule has 0 aromatic heterocycles. The lowest BCUT2D eigenvalue weighted by atomic mass is 10.0. The van der Waals surface area contributed by atoms with E-state index < -0.39 is 6.10 Å². The number of esters is 1. The summed E-state index contributed by atoms with van der Waals surface area (Å²) in [4.78, 5) is 12.3. The zero-order valence-corrected chi connectivity index (χ0v) is 36.9. The topological polar surface area (TPSA) is 55.8 Å². The molecule has 0 aliphatic carbocycles. The van der Waals surface area contributed by atoms with Crippen LogP contribution in [-0.2, 0) is 14.3 Å². The maximum Gasteiger partial charge on any atom is 0.306 e. The van der Waals surface area contributed by atoms with Gasteiger partial charge in [0, 0.05) is 13.0 Å². The van der Waals surface area contributed by atoms with Gasteiger partial charge in [0.1, 0.15) is 6.10 Å². The van der Waals surface area contributed by atoms with E-state index in [0.717, 1.165) is 32.1 Å². The van der Waals surface area contributed by atoms with Gasteiger partial charge in [0.05, 0.1) is 13.2 Å². The van der Waals surface area contributed by atoms with Crippen molar-refractivity contribution in [1.82, 2.24) is 0 Å². The van der Waals surface area contributed by atoms with E-state index in [2.05, 4.69) is 62.5 Å². The van der Waals surface area contributed by atoms with Crippen molar-refractivity contribution in [1.29, 1.82) is 0 Å². The van der Waals surface area contributed by atoms with Crippen molar-refractivity contribution >= 4 is 5.97 Å². The van der Waals surface area contributed by atoms with Crippen LogP contribution < -0.4 is 0 Å². The van der Waals surface area contributed by atoms with Crippen molar-refractivity contribution < 1.29 is 19.4 Å². The molecule has 0 saturated carbocycles. The highest BCUT2D eigenvalue weighted by Crippen LogP contribution is 2.15. The molecule has 0 amide bonds. The highest BCUT2D eigenvalue weighted by molar-refractivity contribution is 5.69. The molecule has 1 N–H and O–H groups in total. The summed E-state index contributed by atoms with van der Waals surface area (Å²) in [7, 11) is 0. The predicted molar refractivity (Wildman–Crippen MR) is 242 cm³/mol. The van der Waals surface area contributed by atoms with Crippen molar-refractivity contribution in [2.45, 2.75) is 251 Å². The smallest absolute Gasteiger partial charge is 0.306 e. The van der Waals surface area contributed by atoms with Gasteiger partial charge in [-0.05, 0) is 77.0 Å². The van der Waals surface area contributed by atoms with Crippen LogP contribution in [0.4, 0.5) is 0 Å². The normalized spacial score (nSPS) is 12.7. The number of carbonyl (C=O) groups is 1. The quantitative estimate of drug-likeness (QED) is 0.0381. The van der Waals surface area contributed by atoms with Crippen LogP contribution in [0.15, 0.2) is 48.6 Å². The van der Waals surface area contributed by atoms with Gasteiger partial charge in [0.25, 0.3) is 0 Å². The first kappa shape index (κ1) is 53.4. The first-order valence-electron chi connectivity index (χ1n) is 24.2. The molecular formula is C51H94O4. The van der Waals surface area contributed by atoms with Gasteiger partial charge in [0.15, 0.2) is 0 Å². The SMILES string of the molecule is CCCCC/C=C\C/C=C\CCCCCCCCCCCCOCC(CO)OC(=O)CCCCCCCCCCCCC/C=C\C/C=C\CCCCCCC. The summed E-state index contributed by atoms with van der Waals surface area (Å²) in [6.07, 6.45) is 63.3. The highest BCUT2D eigenvalue weighted by atomic mass is 16.6. The molecule has 55 heavy (non-hydrogen) atoms. The number of aliphatic hydroxyl groups excluding tert-OH is 1. The van der Waals surface area contributed by atoms with Crippen LogP contribution in [0.3, 0.4) is 0 Å². The molecule has 0 aromatic carbocycles. The molecule has 0 aliphatic rings. The van der Waals surface area contributed by atoms with Crippen LogP contribution in [0, 0.1) is 0 Å². The maximum absolute atomic E-state index is 12.3. The van der Waals surface area contributed by atoms with E-state index >= 15 is 0 Å². The number of hydrogen-bond donors (Lipinski definition) is 1. The van der Waals surface area contributed by atoms with E-state index in [4.69, 9.17) is 9.47 Å². The Morgan fingerprint density at radius 3 is 1.16 bits per heavy atom. The number of ether oxygens (including phenoxy) is 2. The van der Waals surface area contributed by atoms with E-state index in [0.29, 0.717) is 19.6 Å². The summed E-state index contributed by atoms with van der Waals surface area (Å²) in [6, 6.07) is 0. The fourth-order valence-corrected chi connectivity index (χ4v) is 6.98. The van der Waals surface area contributed by atoms with Gasteiger partial charge in [-0.1, -0.05) is 210 Å². The first-order chi connectivity index (χ1) is 27.2. The lowest BCUT2D eigenvalue weighted by molar-refractivity contribution is -0.154. The zero-order chi connectivity index (χ0) is 39.8. The number of unbranched alkanes of at least 4 members (excludes halogenated alkanes) is 29. The molecular weight excluding hydrogens is 677 g/mol. The summed E-state index contributed by atoms with van der Waals surface area (Å²) in [5.41, 5.74) is 0. The van der Waals surface area contributed by atoms with Crippen molar-refractivity contribution in [2.75, 3.05) is 19.8 Å². The number of aliphatic hydroxyl groups is 1. The molecule has 1 unspecified atom stereocenters. The largest absolute Gasteiger partial charge is 0.457 e. The first-order valence-corrected chi connectivity index (χ1v) is 24.2. The Morgan fingerprint density at radius 1 is 0.436 bits per heavy atom. The Balaban J connectivity index is 3.41. The van der Waals surface area contributed by atoms with Crippen molar-refractivity contribution in [3.05, 3.63) is 48.6 Å². The summed E-state index contributed by atoms with van der Waals surface area (Å²) < 4.78 is 11.2. The second-order valence-corrected chi connectivity index (χ2v) is 16.2. The van der Waals surface area contributed by atoms with Crippen LogP contribution in [0.5, 0.6) is 0 Å². The Morgan fingerprint density at radius 2 is 0.764 bits per heavy atom. The van der Waals surface area contributed by atoms with Gasteiger partial charge < -0.3 is 14.6 Å². The minimum Gasteiger partial charge on any atom is -0.457 e. The molecule has 0 aromatic rings. The summed E-state index contributed by atoms with van der Waals surface area (Å²) in [5, 5.41) is 9.64. The monoisotopic (exact) mass is 771 g/mol. The number of rotatable bonds is 45. The van der Waals surface area contributed by atoms with Gasteiger partial charge in [-0.3, -0.25) is 4.79 Å². The Labute approximate surface area is 343 Å². The van der Waals surface area contributed by atoms with E-state index in [1.54, 1.807) is 0 Å². The van der Waals surface area contributed by atoms with E-state index in [9.17, 15) is 9.90 Å². The van der Waals surface area contributed by atoms with Gasteiger partial charge in [-0.25, -0.2) is 0 Å². The molecule has 0 rings (SSSR count). The molecule has 0 spiro atoms. The predicted octanol–water partition coefficient (Wildman–Crippen LogP) is 16.2. The molecule has 4 nitrogen and oxygen atoms in total. The molecule has 0 bridgehead atoms. The van der Waals surface area contributed by atoms with Crippen LogP contribution in [-0.4, -0.2) is 37.0 Å². The fourth-order valence-electron chi connectivity index (χ4n) is 6.98. The summed E-state index contributed by atoms with van der Waals surface area (Å²) >= 11 is 0. The summed E-state index contributed by atoms with van der Waals surface area (Å²) in [6.45, 7) is 5.33. The van der Waals surface area contributed by atoms with Gasteiger partial charge >= 0.3 is 5.97 Å². The average molecular weight is 771 g/mol. The van der Waals surface area contributed by atoms with E-state index in [-0.39, 0.29) is 12.6 Å². The molecule has 1 atom stereocenters. The van der Waals surface area contributed by atoms with Crippen LogP contribution >= 0.6 is 0 Å². The Hall–Kier alpha value is -1.65. The van der Waals surface area contributed by atoms with Gasteiger partial charge in [0.2, 0.25) is 0 Å². The Kier molecular flexibility index (Phi) is 47.0. The number of allylic oxidation sites excluding steroid dienone is 8. The fraction of sp³-hybridized carbons (Fsp3) is 0.824. The second kappa shape index (κ2) is 48.5. The number of hydrogen-bond acceptors (Lipinski definition) is 4. The minimum absolute atomic E-state index is 0.173. The standard InChI is InChI=1S/C51H94O4/c1-3-5-7-9-11-13-15-17-19-21-23-25-26-27-28-30-32-34-36-38-40-42-44-46-51(53)55-50(48-52)49-54-47-45-43-41-39-37-35-33-31-29-24-22-20-18-16-14-12-10-8-6-4-2/h12,14-15,17-18,20-21,23,50,52H,3-11,13,16,19,22,24-49H2,1-2H3/b14-12-,17-15-,20-18-,23-21-. The molecule has 0 radical (unpaired) electrons. The lowest BCUT2D eigenvalue weighted by Crippen LogP contribution is -2.27. The van der Waals surface area contributed by atoms with Crippen LogP contribution in [0.25, 0.3) is 0 Å². The minimum atomic E-state index is -0.538. The van der Waals surface area contributed by atoms with Crippen LogP contribution in [0.2, 0.25) is 0 Å². The second-order valence-electron chi connectivity index (χ2n) is 16.2. The molecule has 322 valence electrons. The summed E-state index contributed by atoms with van der Waals surface area (Å²) in [5.74, 6) is -0.202. The third-order valence-electron chi connectivity index (χ3n) is 10.6. The molecule has 0 saturated heterocycles. The zero-order valence-electron chi connectivity index (χ0n) is 36.9. The van der Waals surface area contributed by atoms with Crippen molar-refractivity contribution in [3.63, 3.8) is 0 Å². The number of carbonyl (C=O) groups excluding carboxylic acids is 1. The third kappa shape index (κ3) is 46.6. The lowest BCUT2D eigenvalue weighted by Gasteiger charge is -2.16. The molecule has 0 aliphatic heterocycles. The molecule has 0 heterocycles. The molecule has 0 fully saturated rings. The Bertz CT molecular complexity index is 859. The van der Waals surface area contributed by atoms with Gasteiger partial charge in [-0.15, -0.1) is 0 Å². The van der Waals surface area contributed by atoms with Crippen molar-refractivity contribution in [3.8, 4) is 0 Å².